The summed E-state index contributed by atoms with van der Waals surface area (Å²) in [5.41, 5.74) is 2.73. The maximum atomic E-state index is 12.8. The number of imide groups is 1. The van der Waals surface area contributed by atoms with Crippen LogP contribution in [0.1, 0.15) is 37.6 Å². The summed E-state index contributed by atoms with van der Waals surface area (Å²) in [6.45, 7) is 3.65. The summed E-state index contributed by atoms with van der Waals surface area (Å²) in [5.74, 6) is -0.109. The summed E-state index contributed by atoms with van der Waals surface area (Å²) in [7, 11) is 0. The Morgan fingerprint density at radius 3 is 2.25 bits per heavy atom. The van der Waals surface area contributed by atoms with Crippen LogP contribution in [0.25, 0.3) is 21.9 Å². The first kappa shape index (κ1) is 16.5. The maximum absolute atomic E-state index is 12.8. The molecule has 4 aromatic rings. The van der Waals surface area contributed by atoms with Gasteiger partial charge in [-0.25, -0.2) is 4.79 Å². The first-order valence-electron chi connectivity index (χ1n) is 8.86. The molecule has 0 fully saturated rings. The minimum absolute atomic E-state index is 0.0436. The molecule has 0 bridgehead atoms. The standard InChI is InChI=1S/C22H15NO5/c1-11-9-18(24)28-20-13(11)7-8-17-19(20)16(12(2)27-17)10-23-21(25)14-5-3-4-6-15(14)22(23)26/h3-9H,10H2,1-2H3. The number of hydrogen-bond donors (Lipinski definition) is 0. The number of fused-ring (bicyclic) bond motifs is 4. The molecule has 0 saturated carbocycles. The molecule has 2 amide bonds. The SMILES string of the molecule is Cc1oc2ccc3c(C)cc(=O)oc3c2c1CN1C(=O)c2ccccc2C1=O. The average molecular weight is 373 g/mol. The van der Waals surface area contributed by atoms with E-state index in [1.54, 1.807) is 31.2 Å². The number of furan rings is 1. The van der Waals surface area contributed by atoms with Gasteiger partial charge in [0, 0.05) is 17.0 Å². The predicted molar refractivity (Wildman–Crippen MR) is 102 cm³/mol. The van der Waals surface area contributed by atoms with Crippen LogP contribution in [-0.2, 0) is 6.54 Å². The molecule has 5 rings (SSSR count). The van der Waals surface area contributed by atoms with Crippen LogP contribution >= 0.6 is 0 Å². The van der Waals surface area contributed by atoms with E-state index in [1.165, 1.54) is 11.0 Å². The van der Waals surface area contributed by atoms with Gasteiger partial charge < -0.3 is 8.83 Å². The van der Waals surface area contributed by atoms with E-state index in [9.17, 15) is 14.4 Å². The minimum atomic E-state index is -0.456. The van der Waals surface area contributed by atoms with Crippen molar-refractivity contribution in [2.45, 2.75) is 20.4 Å². The van der Waals surface area contributed by atoms with E-state index in [0.717, 1.165) is 10.9 Å². The molecule has 6 nitrogen and oxygen atoms in total. The fraction of sp³-hybridized carbons (Fsp3) is 0.136. The third kappa shape index (κ3) is 2.18. The lowest BCUT2D eigenvalue weighted by Gasteiger charge is -2.14. The van der Waals surface area contributed by atoms with Gasteiger partial charge in [0.1, 0.15) is 16.9 Å². The second-order valence-electron chi connectivity index (χ2n) is 6.94. The van der Waals surface area contributed by atoms with Gasteiger partial charge in [-0.1, -0.05) is 12.1 Å². The minimum Gasteiger partial charge on any atom is -0.461 e. The van der Waals surface area contributed by atoms with Gasteiger partial charge in [-0.05, 0) is 43.7 Å². The Hall–Kier alpha value is -3.67. The molecule has 0 atom stereocenters. The molecule has 2 aromatic heterocycles. The third-order valence-corrected chi connectivity index (χ3v) is 5.27. The lowest BCUT2D eigenvalue weighted by atomic mass is 10.0. The largest absolute Gasteiger partial charge is 0.461 e. The Balaban J connectivity index is 1.71. The first-order chi connectivity index (χ1) is 13.5. The number of carbonyl (C=O) groups is 2. The van der Waals surface area contributed by atoms with Crippen LogP contribution in [0.2, 0.25) is 0 Å². The summed E-state index contributed by atoms with van der Waals surface area (Å²) < 4.78 is 11.3. The molecule has 1 aliphatic rings. The van der Waals surface area contributed by atoms with Crippen LogP contribution in [0.3, 0.4) is 0 Å². The van der Waals surface area contributed by atoms with Gasteiger partial charge in [-0.15, -0.1) is 0 Å². The lowest BCUT2D eigenvalue weighted by Crippen LogP contribution is -2.29. The highest BCUT2D eigenvalue weighted by Gasteiger charge is 2.36. The van der Waals surface area contributed by atoms with Crippen LogP contribution in [0.4, 0.5) is 0 Å². The summed E-state index contributed by atoms with van der Waals surface area (Å²) in [6, 6.07) is 11.8. The van der Waals surface area contributed by atoms with Crippen molar-refractivity contribution >= 4 is 33.8 Å². The zero-order valence-corrected chi connectivity index (χ0v) is 15.2. The van der Waals surface area contributed by atoms with Crippen LogP contribution in [0, 0.1) is 13.8 Å². The Morgan fingerprint density at radius 2 is 1.57 bits per heavy atom. The van der Waals surface area contributed by atoms with E-state index < -0.39 is 5.63 Å². The van der Waals surface area contributed by atoms with Crippen molar-refractivity contribution < 1.29 is 18.4 Å². The number of nitrogens with zero attached hydrogens (tertiary/aromatic N) is 1. The number of amides is 2. The Kier molecular flexibility index (Phi) is 3.34. The molecule has 138 valence electrons. The predicted octanol–water partition coefficient (Wildman–Crippen LogP) is 3.95. The number of hydrogen-bond acceptors (Lipinski definition) is 5. The lowest BCUT2D eigenvalue weighted by molar-refractivity contribution is 0.0642. The van der Waals surface area contributed by atoms with Crippen molar-refractivity contribution in [2.75, 3.05) is 0 Å². The molecule has 0 N–H and O–H groups in total. The van der Waals surface area contributed by atoms with Crippen molar-refractivity contribution in [3.63, 3.8) is 0 Å². The van der Waals surface area contributed by atoms with E-state index in [4.69, 9.17) is 8.83 Å². The van der Waals surface area contributed by atoms with Crippen molar-refractivity contribution in [3.8, 4) is 0 Å². The third-order valence-electron chi connectivity index (χ3n) is 5.27. The van der Waals surface area contributed by atoms with Gasteiger partial charge in [-0.2, -0.15) is 0 Å². The fourth-order valence-electron chi connectivity index (χ4n) is 3.87. The molecule has 3 heterocycles. The van der Waals surface area contributed by atoms with Gasteiger partial charge in [0.15, 0.2) is 0 Å². The second-order valence-corrected chi connectivity index (χ2v) is 6.94. The number of carbonyl (C=O) groups excluding carboxylic acids is 2. The van der Waals surface area contributed by atoms with Crippen molar-refractivity contribution in [2.24, 2.45) is 0 Å². The summed E-state index contributed by atoms with van der Waals surface area (Å²) in [4.78, 5) is 38.7. The van der Waals surface area contributed by atoms with Gasteiger partial charge in [-0.3, -0.25) is 14.5 Å². The molecule has 0 radical (unpaired) electrons. The molecule has 28 heavy (non-hydrogen) atoms. The van der Waals surface area contributed by atoms with Gasteiger partial charge in [0.05, 0.1) is 23.1 Å². The molecule has 1 aliphatic heterocycles. The van der Waals surface area contributed by atoms with Crippen LogP contribution in [0.5, 0.6) is 0 Å². The number of rotatable bonds is 2. The molecule has 6 heteroatoms. The summed E-state index contributed by atoms with van der Waals surface area (Å²) in [5, 5.41) is 1.41. The molecule has 0 saturated heterocycles. The van der Waals surface area contributed by atoms with Crippen molar-refractivity contribution in [1.82, 2.24) is 4.90 Å². The van der Waals surface area contributed by atoms with E-state index in [-0.39, 0.29) is 18.4 Å². The van der Waals surface area contributed by atoms with E-state index in [1.807, 2.05) is 19.1 Å². The number of benzene rings is 2. The smallest absolute Gasteiger partial charge is 0.336 e. The fourth-order valence-corrected chi connectivity index (χ4v) is 3.87. The Labute approximate surface area is 159 Å². The first-order valence-corrected chi connectivity index (χ1v) is 8.86. The van der Waals surface area contributed by atoms with Crippen LogP contribution < -0.4 is 5.63 Å². The Morgan fingerprint density at radius 1 is 0.893 bits per heavy atom. The van der Waals surface area contributed by atoms with E-state index >= 15 is 0 Å². The zero-order valence-electron chi connectivity index (χ0n) is 15.2. The average Bonchev–Trinajstić information content (AvgIpc) is 3.11. The van der Waals surface area contributed by atoms with Gasteiger partial charge >= 0.3 is 5.63 Å². The molecule has 2 aromatic carbocycles. The quantitative estimate of drug-likeness (QED) is 0.393. The van der Waals surface area contributed by atoms with Crippen LogP contribution in [-0.4, -0.2) is 16.7 Å². The zero-order chi connectivity index (χ0) is 19.6. The van der Waals surface area contributed by atoms with E-state index in [2.05, 4.69) is 0 Å². The highest BCUT2D eigenvalue weighted by atomic mass is 16.4. The summed E-state index contributed by atoms with van der Waals surface area (Å²) in [6.07, 6.45) is 0. The normalized spacial score (nSPS) is 13.7. The van der Waals surface area contributed by atoms with E-state index in [0.29, 0.717) is 39.0 Å². The summed E-state index contributed by atoms with van der Waals surface area (Å²) >= 11 is 0. The van der Waals surface area contributed by atoms with Crippen molar-refractivity contribution in [3.05, 3.63) is 80.9 Å². The van der Waals surface area contributed by atoms with Crippen LogP contribution in [0.15, 0.2) is 56.1 Å². The monoisotopic (exact) mass is 373 g/mol. The molecular formula is C22H15NO5. The van der Waals surface area contributed by atoms with Gasteiger partial charge in [0.2, 0.25) is 0 Å². The highest BCUT2D eigenvalue weighted by molar-refractivity contribution is 6.21. The molecule has 0 aliphatic carbocycles. The molecular weight excluding hydrogens is 358 g/mol. The Bertz CT molecular complexity index is 1340. The molecule has 0 unspecified atom stereocenters. The highest BCUT2D eigenvalue weighted by Crippen LogP contribution is 2.35. The topological polar surface area (TPSA) is 80.7 Å². The maximum Gasteiger partial charge on any atom is 0.336 e. The van der Waals surface area contributed by atoms with Gasteiger partial charge in [0.25, 0.3) is 11.8 Å². The molecule has 0 spiro atoms. The number of aryl methyl sites for hydroxylation is 2. The second kappa shape index (κ2) is 5.66. The van der Waals surface area contributed by atoms with Crippen molar-refractivity contribution in [1.29, 1.82) is 0 Å².